The summed E-state index contributed by atoms with van der Waals surface area (Å²) in [7, 11) is -3.87. The quantitative estimate of drug-likeness (QED) is 0.932. The fourth-order valence-corrected chi connectivity index (χ4v) is 4.73. The SMILES string of the molecule is O=C(O)C1CCCCN1S(=O)(=O)c1cccc2ccncc12. The first kappa shape index (κ1) is 14.9. The van der Waals surface area contributed by atoms with Gasteiger partial charge in [0.1, 0.15) is 6.04 Å². The van der Waals surface area contributed by atoms with Gasteiger partial charge in [-0.05, 0) is 36.8 Å². The molecule has 0 radical (unpaired) electrons. The van der Waals surface area contributed by atoms with Crippen molar-refractivity contribution in [1.29, 1.82) is 0 Å². The van der Waals surface area contributed by atoms with Crippen molar-refractivity contribution >= 4 is 26.8 Å². The fourth-order valence-electron chi connectivity index (χ4n) is 2.88. The van der Waals surface area contributed by atoms with Gasteiger partial charge in [-0.3, -0.25) is 9.78 Å². The molecule has 0 amide bonds. The number of pyridine rings is 1. The van der Waals surface area contributed by atoms with E-state index in [0.29, 0.717) is 18.2 Å². The number of carboxylic acids is 1. The van der Waals surface area contributed by atoms with Crippen LogP contribution in [0, 0.1) is 0 Å². The lowest BCUT2D eigenvalue weighted by Gasteiger charge is -2.32. The molecular formula is C15H16N2O4S. The van der Waals surface area contributed by atoms with E-state index in [9.17, 15) is 18.3 Å². The van der Waals surface area contributed by atoms with Crippen LogP contribution in [0.5, 0.6) is 0 Å². The largest absolute Gasteiger partial charge is 0.480 e. The van der Waals surface area contributed by atoms with Crippen molar-refractivity contribution in [2.45, 2.75) is 30.2 Å². The molecule has 2 aromatic rings. The number of carbonyl (C=O) groups is 1. The molecule has 1 N–H and O–H groups in total. The van der Waals surface area contributed by atoms with E-state index in [2.05, 4.69) is 4.98 Å². The molecule has 0 bridgehead atoms. The van der Waals surface area contributed by atoms with Crippen LogP contribution in [0.2, 0.25) is 0 Å². The first-order valence-corrected chi connectivity index (χ1v) is 8.53. The molecule has 1 atom stereocenters. The summed E-state index contributed by atoms with van der Waals surface area (Å²) in [6.07, 6.45) is 4.84. The summed E-state index contributed by atoms with van der Waals surface area (Å²) in [6, 6.07) is 5.72. The maximum atomic E-state index is 13.0. The van der Waals surface area contributed by atoms with Crippen LogP contribution in [0.1, 0.15) is 19.3 Å². The smallest absolute Gasteiger partial charge is 0.322 e. The van der Waals surface area contributed by atoms with Crippen LogP contribution < -0.4 is 0 Å². The Kier molecular flexibility index (Phi) is 3.84. The van der Waals surface area contributed by atoms with Gasteiger partial charge in [0.05, 0.1) is 4.90 Å². The predicted molar refractivity (Wildman–Crippen MR) is 80.9 cm³/mol. The summed E-state index contributed by atoms with van der Waals surface area (Å²) in [6.45, 7) is 0.232. The third-order valence-corrected chi connectivity index (χ3v) is 5.94. The molecule has 1 unspecified atom stereocenters. The van der Waals surface area contributed by atoms with Crippen LogP contribution >= 0.6 is 0 Å². The molecule has 6 nitrogen and oxygen atoms in total. The standard InChI is InChI=1S/C15H16N2O4S/c18-15(19)13-5-1-2-9-17(13)22(20,21)14-6-3-4-11-7-8-16-10-12(11)14/h3-4,6-8,10,13H,1-2,5,9H2,(H,18,19). The molecule has 1 saturated heterocycles. The van der Waals surface area contributed by atoms with E-state index < -0.39 is 22.0 Å². The number of hydrogen-bond acceptors (Lipinski definition) is 4. The van der Waals surface area contributed by atoms with Crippen LogP contribution in [-0.4, -0.2) is 41.4 Å². The van der Waals surface area contributed by atoms with Crippen LogP contribution in [0.25, 0.3) is 10.8 Å². The number of hydrogen-bond donors (Lipinski definition) is 1. The zero-order valence-electron chi connectivity index (χ0n) is 11.8. The highest BCUT2D eigenvalue weighted by Gasteiger charge is 2.38. The fraction of sp³-hybridized carbons (Fsp3) is 0.333. The number of nitrogens with zero attached hydrogens (tertiary/aromatic N) is 2. The summed E-state index contributed by atoms with van der Waals surface area (Å²) in [5.41, 5.74) is 0. The minimum absolute atomic E-state index is 0.117. The number of benzene rings is 1. The normalized spacial score (nSPS) is 20.1. The predicted octanol–water partition coefficient (Wildman–Crippen LogP) is 1.86. The average molecular weight is 320 g/mol. The molecule has 7 heteroatoms. The zero-order valence-corrected chi connectivity index (χ0v) is 12.7. The van der Waals surface area contributed by atoms with E-state index in [4.69, 9.17) is 0 Å². The number of rotatable bonds is 3. The van der Waals surface area contributed by atoms with Crippen LogP contribution in [-0.2, 0) is 14.8 Å². The Hall–Kier alpha value is -1.99. The highest BCUT2D eigenvalue weighted by molar-refractivity contribution is 7.89. The van der Waals surface area contributed by atoms with E-state index >= 15 is 0 Å². The first-order valence-electron chi connectivity index (χ1n) is 7.09. The van der Waals surface area contributed by atoms with Gasteiger partial charge < -0.3 is 5.11 Å². The molecule has 1 aliphatic heterocycles. The topological polar surface area (TPSA) is 87.6 Å². The second kappa shape index (κ2) is 5.66. The van der Waals surface area contributed by atoms with Crippen molar-refractivity contribution in [2.75, 3.05) is 6.54 Å². The molecule has 0 saturated carbocycles. The van der Waals surface area contributed by atoms with Crippen molar-refractivity contribution in [3.63, 3.8) is 0 Å². The maximum absolute atomic E-state index is 13.0. The summed E-state index contributed by atoms with van der Waals surface area (Å²) in [5.74, 6) is -1.10. The lowest BCUT2D eigenvalue weighted by molar-refractivity contribution is -0.142. The van der Waals surface area contributed by atoms with Gasteiger partial charge in [-0.15, -0.1) is 0 Å². The third-order valence-electron chi connectivity index (χ3n) is 3.97. The second-order valence-corrected chi connectivity index (χ2v) is 7.18. The highest BCUT2D eigenvalue weighted by atomic mass is 32.2. The minimum atomic E-state index is -3.87. The van der Waals surface area contributed by atoms with Gasteiger partial charge in [0.15, 0.2) is 0 Å². The van der Waals surface area contributed by atoms with Gasteiger partial charge in [0, 0.05) is 24.3 Å². The van der Waals surface area contributed by atoms with E-state index in [0.717, 1.165) is 16.1 Å². The Bertz CT molecular complexity index is 814. The van der Waals surface area contributed by atoms with Crippen molar-refractivity contribution in [3.05, 3.63) is 36.7 Å². The Labute approximate surface area is 128 Å². The van der Waals surface area contributed by atoms with Gasteiger partial charge in [0.2, 0.25) is 10.0 Å². The van der Waals surface area contributed by atoms with Gasteiger partial charge in [0.25, 0.3) is 0 Å². The number of carboxylic acid groups (broad SMARTS) is 1. The van der Waals surface area contributed by atoms with Gasteiger partial charge in [-0.1, -0.05) is 12.1 Å². The Morgan fingerprint density at radius 1 is 1.27 bits per heavy atom. The molecule has 1 fully saturated rings. The third kappa shape index (κ3) is 2.46. The van der Waals surface area contributed by atoms with E-state index in [-0.39, 0.29) is 11.4 Å². The summed E-state index contributed by atoms with van der Waals surface area (Å²) >= 11 is 0. The second-order valence-electron chi connectivity index (χ2n) is 5.32. The van der Waals surface area contributed by atoms with Crippen LogP contribution in [0.4, 0.5) is 0 Å². The molecular weight excluding hydrogens is 304 g/mol. The Balaban J connectivity index is 2.13. The summed E-state index contributed by atoms with van der Waals surface area (Å²) in [4.78, 5) is 15.5. The maximum Gasteiger partial charge on any atom is 0.322 e. The monoisotopic (exact) mass is 320 g/mol. The Morgan fingerprint density at radius 3 is 2.86 bits per heavy atom. The van der Waals surface area contributed by atoms with Crippen LogP contribution in [0.3, 0.4) is 0 Å². The van der Waals surface area contributed by atoms with Crippen molar-refractivity contribution in [2.24, 2.45) is 0 Å². The molecule has 1 aromatic heterocycles. The number of aliphatic carboxylic acids is 1. The van der Waals surface area contributed by atoms with E-state index in [1.165, 1.54) is 12.3 Å². The molecule has 2 heterocycles. The number of aromatic nitrogens is 1. The molecule has 116 valence electrons. The lowest BCUT2D eigenvalue weighted by atomic mass is 10.1. The van der Waals surface area contributed by atoms with Crippen LogP contribution in [0.15, 0.2) is 41.6 Å². The zero-order chi connectivity index (χ0) is 15.7. The minimum Gasteiger partial charge on any atom is -0.480 e. The highest BCUT2D eigenvalue weighted by Crippen LogP contribution is 2.29. The summed E-state index contributed by atoms with van der Waals surface area (Å²) in [5, 5.41) is 10.6. The van der Waals surface area contributed by atoms with Gasteiger partial charge in [-0.2, -0.15) is 4.31 Å². The van der Waals surface area contributed by atoms with Gasteiger partial charge in [-0.25, -0.2) is 8.42 Å². The lowest BCUT2D eigenvalue weighted by Crippen LogP contribution is -2.47. The molecule has 22 heavy (non-hydrogen) atoms. The first-order chi connectivity index (χ1) is 10.5. The molecule has 3 rings (SSSR count). The summed E-state index contributed by atoms with van der Waals surface area (Å²) < 4.78 is 27.0. The van der Waals surface area contributed by atoms with Crippen molar-refractivity contribution < 1.29 is 18.3 Å². The molecule has 1 aromatic carbocycles. The molecule has 0 spiro atoms. The van der Waals surface area contributed by atoms with Crippen molar-refractivity contribution in [1.82, 2.24) is 9.29 Å². The average Bonchev–Trinajstić information content (AvgIpc) is 2.54. The molecule has 1 aliphatic rings. The number of sulfonamides is 1. The van der Waals surface area contributed by atoms with E-state index in [1.807, 2.05) is 0 Å². The number of piperidine rings is 1. The van der Waals surface area contributed by atoms with E-state index in [1.54, 1.807) is 24.4 Å². The Morgan fingerprint density at radius 2 is 2.09 bits per heavy atom. The van der Waals surface area contributed by atoms with Gasteiger partial charge >= 0.3 is 5.97 Å². The molecule has 0 aliphatic carbocycles. The number of fused-ring (bicyclic) bond motifs is 1. The van der Waals surface area contributed by atoms with Crippen molar-refractivity contribution in [3.8, 4) is 0 Å².